The third-order valence-corrected chi connectivity index (χ3v) is 9.04. The van der Waals surface area contributed by atoms with Gasteiger partial charge in [0.25, 0.3) is 0 Å². The van der Waals surface area contributed by atoms with Crippen LogP contribution in [-0.2, 0) is 4.79 Å². The molecule has 44 heavy (non-hydrogen) atoms. The molecule has 0 saturated heterocycles. The van der Waals surface area contributed by atoms with Crippen molar-refractivity contribution in [3.63, 3.8) is 0 Å². The minimum absolute atomic E-state index is 0.00195. The van der Waals surface area contributed by atoms with Gasteiger partial charge in [-0.3, -0.25) is 4.79 Å². The van der Waals surface area contributed by atoms with Crippen molar-refractivity contribution >= 4 is 17.1 Å². The van der Waals surface area contributed by atoms with Gasteiger partial charge in [0.05, 0.1) is 18.3 Å². The van der Waals surface area contributed by atoms with E-state index >= 15 is 0 Å². The predicted octanol–water partition coefficient (Wildman–Crippen LogP) is 8.22. The van der Waals surface area contributed by atoms with Crippen LogP contribution in [0.4, 0.5) is 0 Å². The lowest BCUT2D eigenvalue weighted by Gasteiger charge is -2.23. The summed E-state index contributed by atoms with van der Waals surface area (Å²) in [7, 11) is 0. The summed E-state index contributed by atoms with van der Waals surface area (Å²) < 4.78 is 5.58. The zero-order valence-corrected chi connectivity index (χ0v) is 27.0. The second-order valence-electron chi connectivity index (χ2n) is 12.2. The second kappa shape index (κ2) is 18.8. The van der Waals surface area contributed by atoms with Crippen molar-refractivity contribution in [3.8, 4) is 11.5 Å². The summed E-state index contributed by atoms with van der Waals surface area (Å²) in [4.78, 5) is 12.5. The maximum Gasteiger partial charge on any atom is 0.311 e. The monoisotopic (exact) mass is 606 g/mol. The van der Waals surface area contributed by atoms with E-state index in [1.54, 1.807) is 12.1 Å². The van der Waals surface area contributed by atoms with E-state index in [4.69, 9.17) is 4.74 Å². The first-order valence-electron chi connectivity index (χ1n) is 16.8. The molecule has 2 aromatic rings. The van der Waals surface area contributed by atoms with Crippen molar-refractivity contribution < 1.29 is 30.0 Å². The van der Waals surface area contributed by atoms with Crippen molar-refractivity contribution in [3.05, 3.63) is 71.8 Å². The summed E-state index contributed by atoms with van der Waals surface area (Å²) in [5, 5.41) is 41.0. The first-order valence-corrected chi connectivity index (χ1v) is 16.8. The molecule has 0 heterocycles. The van der Waals surface area contributed by atoms with Gasteiger partial charge in [0.1, 0.15) is 11.5 Å². The number of aliphatic hydroxyl groups excluding tert-OH is 3. The molecule has 1 saturated carbocycles. The summed E-state index contributed by atoms with van der Waals surface area (Å²) in [6.45, 7) is 6.41. The first kappa shape index (κ1) is 35.5. The number of phenols is 1. The minimum atomic E-state index is -0.525. The minimum Gasteiger partial charge on any atom is -0.508 e. The molecule has 242 valence electrons. The number of allylic oxidation sites excluding steroid dienone is 4. The summed E-state index contributed by atoms with van der Waals surface area (Å²) in [6.07, 6.45) is 12.7. The fourth-order valence-electron chi connectivity index (χ4n) is 6.55. The maximum absolute atomic E-state index is 12.5. The number of aliphatic hydroxyl groups is 3. The van der Waals surface area contributed by atoms with Crippen LogP contribution in [0.15, 0.2) is 60.7 Å². The van der Waals surface area contributed by atoms with Gasteiger partial charge in [0.2, 0.25) is 0 Å². The average molecular weight is 607 g/mol. The van der Waals surface area contributed by atoms with Gasteiger partial charge in [-0.15, -0.1) is 0 Å². The van der Waals surface area contributed by atoms with Crippen molar-refractivity contribution in [1.29, 1.82) is 0 Å². The lowest BCUT2D eigenvalue weighted by Crippen LogP contribution is -2.23. The van der Waals surface area contributed by atoms with Gasteiger partial charge in [0.15, 0.2) is 0 Å². The number of aromatic hydroxyl groups is 1. The number of esters is 1. The Labute approximate surface area is 264 Å². The molecule has 2 aromatic carbocycles. The van der Waals surface area contributed by atoms with Crippen molar-refractivity contribution in [2.24, 2.45) is 11.8 Å². The van der Waals surface area contributed by atoms with Crippen LogP contribution in [-0.4, -0.2) is 44.7 Å². The molecule has 1 fully saturated rings. The fourth-order valence-corrected chi connectivity index (χ4v) is 6.55. The summed E-state index contributed by atoms with van der Waals surface area (Å²) >= 11 is 0. The van der Waals surface area contributed by atoms with Gasteiger partial charge in [-0.25, -0.2) is 0 Å². The average Bonchev–Trinajstić information content (AvgIpc) is 3.28. The number of phenolic OH excluding ortho intramolecular Hbond substituents is 1. The fraction of sp³-hybridized carbons (Fsp3) is 0.553. The first-order chi connectivity index (χ1) is 21.3. The number of carbonyl (C=O) groups excluding carboxylic acids is 1. The Bertz CT molecular complexity index is 1180. The quantitative estimate of drug-likeness (QED) is 0.0448. The molecule has 0 bridgehead atoms. The Hall–Kier alpha value is -2.93. The Morgan fingerprint density at radius 1 is 0.841 bits per heavy atom. The van der Waals surface area contributed by atoms with Gasteiger partial charge in [-0.05, 0) is 116 Å². The lowest BCUT2D eigenvalue weighted by atomic mass is 9.85. The highest BCUT2D eigenvalue weighted by Crippen LogP contribution is 2.39. The van der Waals surface area contributed by atoms with E-state index in [2.05, 4.69) is 26.8 Å². The van der Waals surface area contributed by atoms with Crippen LogP contribution in [0.3, 0.4) is 0 Å². The van der Waals surface area contributed by atoms with Crippen LogP contribution < -0.4 is 4.74 Å². The summed E-state index contributed by atoms with van der Waals surface area (Å²) in [5.74, 6) is 0.519. The molecule has 6 nitrogen and oxygen atoms in total. The number of ether oxygens (including phenoxy) is 1. The molecule has 5 atom stereocenters. The van der Waals surface area contributed by atoms with E-state index in [9.17, 15) is 25.2 Å². The van der Waals surface area contributed by atoms with Crippen molar-refractivity contribution in [2.75, 3.05) is 0 Å². The number of hydrogen-bond donors (Lipinski definition) is 4. The topological polar surface area (TPSA) is 107 Å². The number of benzene rings is 2. The third kappa shape index (κ3) is 10.9. The number of carbonyl (C=O) groups is 1. The molecule has 0 aliphatic heterocycles. The van der Waals surface area contributed by atoms with Gasteiger partial charge >= 0.3 is 5.97 Å². The zero-order chi connectivity index (χ0) is 31.9. The number of unbranched alkanes of at least 4 members (excludes halogenated alkanes) is 3. The van der Waals surface area contributed by atoms with E-state index in [0.717, 1.165) is 62.5 Å². The van der Waals surface area contributed by atoms with E-state index in [0.29, 0.717) is 37.9 Å². The Balaban J connectivity index is 1.43. The van der Waals surface area contributed by atoms with Gasteiger partial charge in [-0.2, -0.15) is 0 Å². The highest BCUT2D eigenvalue weighted by Gasteiger charge is 2.40. The third-order valence-electron chi connectivity index (χ3n) is 9.04. The van der Waals surface area contributed by atoms with E-state index in [1.165, 1.54) is 11.1 Å². The van der Waals surface area contributed by atoms with Crippen LogP contribution in [0.1, 0.15) is 115 Å². The van der Waals surface area contributed by atoms with Crippen LogP contribution >= 0.6 is 0 Å². The van der Waals surface area contributed by atoms with Crippen LogP contribution in [0.5, 0.6) is 11.5 Å². The number of hydrogen-bond acceptors (Lipinski definition) is 6. The molecule has 1 aliphatic rings. The largest absolute Gasteiger partial charge is 0.508 e. The predicted molar refractivity (Wildman–Crippen MR) is 178 cm³/mol. The van der Waals surface area contributed by atoms with E-state index in [1.807, 2.05) is 42.5 Å². The second-order valence-corrected chi connectivity index (χ2v) is 12.2. The highest BCUT2D eigenvalue weighted by molar-refractivity contribution is 5.91. The van der Waals surface area contributed by atoms with Gasteiger partial charge in [-0.1, -0.05) is 76.5 Å². The molecule has 4 unspecified atom stereocenters. The molecule has 6 heteroatoms. The lowest BCUT2D eigenvalue weighted by molar-refractivity contribution is -0.134. The maximum atomic E-state index is 12.5. The van der Waals surface area contributed by atoms with E-state index in [-0.39, 0.29) is 29.7 Å². The summed E-state index contributed by atoms with van der Waals surface area (Å²) in [6, 6.07) is 15.0. The van der Waals surface area contributed by atoms with Gasteiger partial charge in [0, 0.05) is 6.42 Å². The van der Waals surface area contributed by atoms with Crippen LogP contribution in [0, 0.1) is 11.8 Å². The Morgan fingerprint density at radius 2 is 1.45 bits per heavy atom. The molecule has 0 spiro atoms. The molecular weight excluding hydrogens is 552 g/mol. The van der Waals surface area contributed by atoms with Gasteiger partial charge < -0.3 is 25.2 Å². The van der Waals surface area contributed by atoms with E-state index < -0.39 is 12.2 Å². The van der Waals surface area contributed by atoms with Crippen LogP contribution in [0.2, 0.25) is 0 Å². The molecule has 0 amide bonds. The molecule has 1 aliphatic carbocycles. The smallest absolute Gasteiger partial charge is 0.311 e. The normalized spacial score (nSPS) is 21.4. The highest BCUT2D eigenvalue weighted by atomic mass is 16.5. The Morgan fingerprint density at radius 3 is 2.07 bits per heavy atom. The molecule has 0 radical (unpaired) electrons. The summed E-state index contributed by atoms with van der Waals surface area (Å²) in [5.41, 5.74) is 4.65. The number of rotatable bonds is 18. The molecule has 0 aromatic heterocycles. The van der Waals surface area contributed by atoms with Crippen LogP contribution in [0.25, 0.3) is 11.1 Å². The molecule has 3 rings (SSSR count). The zero-order valence-electron chi connectivity index (χ0n) is 27.0. The molecular formula is C38H54O6. The SMILES string of the molecule is CCCCCC(O)CC[C@H]1C(O)CC(O)C1C/C=C\CCCC(=O)Oc1ccc(/C(CC)=C(\CC)c2ccc(O)cc2)cc1. The standard InChI is InChI=1S/C38H54O6/c1-4-7-10-13-29(39)22-25-35-34(36(41)26-37(35)42)14-11-8-9-12-15-38(43)44-31-23-18-28(19-24-31)33(6-3)32(5-2)27-16-20-30(40)21-17-27/h8,11,16-21,23-24,29,34-37,39-42H,4-7,9-10,12-15,22,25-26H2,1-3H3/b11-8-,33-32+/t29?,34?,35-,36?,37?/m1/s1. The van der Waals surface area contributed by atoms with Crippen molar-refractivity contribution in [2.45, 2.75) is 123 Å². The van der Waals surface area contributed by atoms with Crippen molar-refractivity contribution in [1.82, 2.24) is 0 Å². The molecule has 4 N–H and O–H groups in total. The Kier molecular flexibility index (Phi) is 15.2.